The summed E-state index contributed by atoms with van der Waals surface area (Å²) in [6, 6.07) is 51.2. The van der Waals surface area contributed by atoms with E-state index in [1.807, 2.05) is 18.2 Å². The van der Waals surface area contributed by atoms with Crippen molar-refractivity contribution in [3.63, 3.8) is 0 Å². The number of phosphoric ester groups is 1. The van der Waals surface area contributed by atoms with Crippen molar-refractivity contribution in [2.45, 2.75) is 267 Å². The minimum Gasteiger partial charge on any atom is -0.386 e. The summed E-state index contributed by atoms with van der Waals surface area (Å²) in [5.74, 6) is 1.87. The molecular weight excluding hydrogens is 1270 g/mol. The van der Waals surface area contributed by atoms with Crippen LogP contribution in [0.25, 0.3) is 0 Å². The van der Waals surface area contributed by atoms with Crippen molar-refractivity contribution in [3.8, 4) is 17.2 Å². The summed E-state index contributed by atoms with van der Waals surface area (Å²) in [7, 11) is -4.65. The molecular formula is C90H114N3O7P. The van der Waals surface area contributed by atoms with Crippen LogP contribution in [0.4, 0.5) is 0 Å². The molecule has 0 heterocycles. The third kappa shape index (κ3) is 12.6. The van der Waals surface area contributed by atoms with Gasteiger partial charge < -0.3 is 29.5 Å². The molecule has 10 nitrogen and oxygen atoms in total. The fraction of sp³-hybridized carbons (Fsp3) is 0.567. The van der Waals surface area contributed by atoms with Crippen molar-refractivity contribution in [1.29, 1.82) is 0 Å². The first-order valence-corrected chi connectivity index (χ1v) is 41.2. The molecule has 6 fully saturated rings. The van der Waals surface area contributed by atoms with Gasteiger partial charge >= 0.3 is 7.82 Å². The monoisotopic (exact) mass is 1380 g/mol. The first kappa shape index (κ1) is 70.0. The highest BCUT2D eigenvalue weighted by Gasteiger charge is 2.59. The SMILES string of the molecule is C[C@]1(C(=O)NCC2(c3ccccc3)CCCCC2)CCC[C@]2(C)c3cc(OP(=O)(Oc4ccc5c(c4)[C@@]4(C)CCC[C@](C)(C(=O)NCC6(c7ccccc7)CCCCC6)[C@@H]4CC5)Oc4ccc5c(c4)[C@@]4(C)CCC[C@](C)(C(=O)NCC6(c7ccccc7)CCCCC6)[C@@H]4CC5)ccc3CC[C@@H]12. The van der Waals surface area contributed by atoms with Gasteiger partial charge in [0.2, 0.25) is 17.7 Å². The Morgan fingerprint density at radius 1 is 0.347 bits per heavy atom. The van der Waals surface area contributed by atoms with E-state index >= 15 is 18.9 Å². The quantitative estimate of drug-likeness (QED) is 0.0730. The number of fused-ring (bicyclic) bond motifs is 9. The van der Waals surface area contributed by atoms with Gasteiger partial charge in [-0.25, -0.2) is 0 Å². The Balaban J connectivity index is 0.734. The van der Waals surface area contributed by atoms with Gasteiger partial charge in [0.25, 0.3) is 0 Å². The largest absolute Gasteiger partial charge is 0.647 e. The fourth-order valence-corrected chi connectivity index (χ4v) is 25.1. The lowest BCUT2D eigenvalue weighted by Crippen LogP contribution is -2.56. The predicted molar refractivity (Wildman–Crippen MR) is 405 cm³/mol. The van der Waals surface area contributed by atoms with Crippen molar-refractivity contribution in [2.75, 3.05) is 19.6 Å². The molecule has 6 aromatic rings. The number of amides is 3. The van der Waals surface area contributed by atoms with Gasteiger partial charge in [-0.3, -0.25) is 14.4 Å². The molecule has 0 aliphatic heterocycles. The van der Waals surface area contributed by atoms with Gasteiger partial charge in [-0.15, -0.1) is 0 Å². The smallest absolute Gasteiger partial charge is 0.386 e. The minimum absolute atomic E-state index is 0.0669. The van der Waals surface area contributed by atoms with Crippen LogP contribution < -0.4 is 29.5 Å². The Morgan fingerprint density at radius 3 is 0.881 bits per heavy atom. The molecule has 0 radical (unpaired) electrons. The summed E-state index contributed by atoms with van der Waals surface area (Å²) in [6.45, 7) is 15.7. The van der Waals surface area contributed by atoms with E-state index in [4.69, 9.17) is 13.6 Å². The molecule has 11 heteroatoms. The summed E-state index contributed by atoms with van der Waals surface area (Å²) in [4.78, 5) is 45.5. The summed E-state index contributed by atoms with van der Waals surface area (Å²) in [5.41, 5.74) is 8.00. The molecule has 9 atom stereocenters. The third-order valence-corrected chi connectivity index (χ3v) is 30.9. The van der Waals surface area contributed by atoms with E-state index < -0.39 is 24.1 Å². The van der Waals surface area contributed by atoms with Crippen LogP contribution >= 0.6 is 7.82 Å². The molecule has 0 unspecified atom stereocenters. The van der Waals surface area contributed by atoms with Crippen LogP contribution in [0, 0.1) is 34.0 Å². The maximum absolute atomic E-state index is 16.7. The van der Waals surface area contributed by atoms with Crippen molar-refractivity contribution < 1.29 is 32.5 Å². The van der Waals surface area contributed by atoms with Crippen molar-refractivity contribution in [1.82, 2.24) is 16.0 Å². The number of benzene rings is 6. The molecule has 0 spiro atoms. The molecule has 6 saturated carbocycles. The lowest BCUT2D eigenvalue weighted by atomic mass is 9.49. The molecule has 6 aromatic carbocycles. The average Bonchev–Trinajstić information content (AvgIpc) is 0.731. The normalized spacial score (nSPS) is 30.7. The second kappa shape index (κ2) is 27.4. The second-order valence-electron chi connectivity index (χ2n) is 35.2. The van der Waals surface area contributed by atoms with Gasteiger partial charge in [0, 0.05) is 35.9 Å². The van der Waals surface area contributed by atoms with Crippen molar-refractivity contribution >= 4 is 25.5 Å². The first-order valence-electron chi connectivity index (χ1n) is 39.8. The van der Waals surface area contributed by atoms with Crippen LogP contribution in [0.3, 0.4) is 0 Å². The number of phosphoric acid groups is 1. The van der Waals surface area contributed by atoms with E-state index in [2.05, 4.69) is 185 Å². The fourth-order valence-electron chi connectivity index (χ4n) is 23.9. The highest BCUT2D eigenvalue weighted by Crippen LogP contribution is 2.63. The predicted octanol–water partition coefficient (Wildman–Crippen LogP) is 20.4. The van der Waals surface area contributed by atoms with E-state index in [1.165, 1.54) is 91.2 Å². The van der Waals surface area contributed by atoms with E-state index in [-0.39, 0.29) is 68.0 Å². The van der Waals surface area contributed by atoms with Gasteiger partial charge in [-0.1, -0.05) is 228 Å². The zero-order valence-electron chi connectivity index (χ0n) is 61.7. The van der Waals surface area contributed by atoms with Crippen LogP contribution in [-0.4, -0.2) is 37.4 Å². The second-order valence-corrected chi connectivity index (χ2v) is 36.6. The lowest BCUT2D eigenvalue weighted by Gasteiger charge is -2.55. The zero-order valence-corrected chi connectivity index (χ0v) is 62.6. The highest BCUT2D eigenvalue weighted by molar-refractivity contribution is 7.49. The van der Waals surface area contributed by atoms with Crippen LogP contribution in [-0.2, 0) is 70.7 Å². The van der Waals surface area contributed by atoms with Crippen LogP contribution in [0.2, 0.25) is 0 Å². The zero-order chi connectivity index (χ0) is 69.9. The molecule has 9 aliphatic rings. The Bertz CT molecular complexity index is 3650. The van der Waals surface area contributed by atoms with Gasteiger partial charge in [-0.05, 0) is 236 Å². The first-order chi connectivity index (χ1) is 48.7. The molecule has 536 valence electrons. The van der Waals surface area contributed by atoms with Crippen molar-refractivity contribution in [2.24, 2.45) is 34.0 Å². The average molecular weight is 1380 g/mol. The number of hydrogen-bond acceptors (Lipinski definition) is 7. The Labute approximate surface area is 603 Å². The minimum atomic E-state index is -4.65. The number of aryl methyl sites for hydroxylation is 3. The molecule has 0 saturated heterocycles. The Morgan fingerprint density at radius 2 is 0.614 bits per heavy atom. The lowest BCUT2D eigenvalue weighted by molar-refractivity contribution is -0.140. The molecule has 9 aliphatic carbocycles. The summed E-state index contributed by atoms with van der Waals surface area (Å²) in [5, 5.41) is 10.9. The highest BCUT2D eigenvalue weighted by atomic mass is 31.2. The van der Waals surface area contributed by atoms with E-state index in [1.54, 1.807) is 0 Å². The van der Waals surface area contributed by atoms with Crippen LogP contribution in [0.15, 0.2) is 146 Å². The molecule has 101 heavy (non-hydrogen) atoms. The number of nitrogens with one attached hydrogen (secondary N) is 3. The molecule has 3 N–H and O–H groups in total. The van der Waals surface area contributed by atoms with Crippen LogP contribution in [0.5, 0.6) is 17.2 Å². The van der Waals surface area contributed by atoms with Crippen LogP contribution in [0.1, 0.15) is 265 Å². The number of hydrogen-bond donors (Lipinski definition) is 3. The standard InChI is InChI=1S/C90H114N3O7P/c1-82-46-25-49-85(4,79(94)91-61-88(52-19-10-20-53-88)67-28-13-7-14-29-67)76(82)43-37-64-34-40-70(58-73(64)82)98-101(97,99-71-41-35-65-38-44-77-83(2,74(65)59-71)47-26-50-86(77,5)80(95)92-62-89(54-21-11-22-55-89)68-30-15-8-16-31-68)100-72-42-36-66-39-45-78-84(3,75(66)60-72)48-27-51-87(78,6)81(96)93-63-90(56-23-12-24-57-90)69-32-17-9-18-33-69/h7-9,13-18,28-36,40-42,58-60,76-78H,10-12,19-27,37-39,43-57,61-63H2,1-6H3,(H,91,94)(H,92,95)(H,93,96)/t76-,77-,78-,82-,83-,84-,85+,86+,87+/m1/s1. The van der Waals surface area contributed by atoms with E-state index in [0.29, 0.717) is 36.9 Å². The third-order valence-electron chi connectivity index (χ3n) is 29.5. The molecule has 0 bridgehead atoms. The number of carbonyl (C=O) groups is 3. The van der Waals surface area contributed by atoms with Gasteiger partial charge in [0.15, 0.2) is 0 Å². The van der Waals surface area contributed by atoms with Gasteiger partial charge in [-0.2, -0.15) is 4.57 Å². The van der Waals surface area contributed by atoms with Gasteiger partial charge in [0.1, 0.15) is 17.2 Å². The molecule has 0 aromatic heterocycles. The maximum atomic E-state index is 16.7. The summed E-state index contributed by atoms with van der Waals surface area (Å²) in [6.07, 6.45) is 30.3. The summed E-state index contributed by atoms with van der Waals surface area (Å²) >= 11 is 0. The topological polar surface area (TPSA) is 132 Å². The van der Waals surface area contributed by atoms with E-state index in [0.717, 1.165) is 152 Å². The molecule has 3 amide bonds. The van der Waals surface area contributed by atoms with E-state index in [9.17, 15) is 0 Å². The number of rotatable bonds is 18. The van der Waals surface area contributed by atoms with Gasteiger partial charge in [0.05, 0.1) is 16.2 Å². The molecule has 15 rings (SSSR count). The Kier molecular flexibility index (Phi) is 19.0. The summed E-state index contributed by atoms with van der Waals surface area (Å²) < 4.78 is 37.7. The Hall–Kier alpha value is -6.64. The number of carbonyl (C=O) groups excluding carboxylic acids is 3. The maximum Gasteiger partial charge on any atom is 0.647 e. The van der Waals surface area contributed by atoms with Crippen molar-refractivity contribution in [3.05, 3.63) is 196 Å².